The van der Waals surface area contributed by atoms with Crippen molar-refractivity contribution in [3.8, 4) is 0 Å². The molecule has 1 aliphatic rings. The van der Waals surface area contributed by atoms with Gasteiger partial charge in [0.25, 0.3) is 5.56 Å². The predicted molar refractivity (Wildman–Crippen MR) is 118 cm³/mol. The number of allylic oxidation sites excluding steroid dienone is 2. The number of imidazole rings is 1. The topological polar surface area (TPSA) is 104 Å². The maximum atomic E-state index is 13.3. The van der Waals surface area contributed by atoms with Crippen LogP contribution in [-0.4, -0.2) is 36.4 Å². The van der Waals surface area contributed by atoms with Crippen LogP contribution in [-0.2, 0) is 13.1 Å². The Morgan fingerprint density at radius 3 is 2.87 bits per heavy atom. The Balaban J connectivity index is 1.75. The quantitative estimate of drug-likeness (QED) is 0.609. The van der Waals surface area contributed by atoms with Crippen LogP contribution in [0.2, 0.25) is 0 Å². The Labute approximate surface area is 175 Å². The largest absolute Gasteiger partial charge is 0.351 e. The van der Waals surface area contributed by atoms with Crippen molar-refractivity contribution in [2.75, 3.05) is 5.32 Å². The fourth-order valence-electron chi connectivity index (χ4n) is 3.91. The molecule has 1 aliphatic carbocycles. The van der Waals surface area contributed by atoms with E-state index in [1.165, 1.54) is 10.3 Å². The molecule has 8 nitrogen and oxygen atoms in total. The maximum absolute atomic E-state index is 13.3. The van der Waals surface area contributed by atoms with Gasteiger partial charge in [-0.3, -0.25) is 9.78 Å². The molecular weight excluding hydrogens is 378 g/mol. The molecule has 1 saturated carbocycles. The van der Waals surface area contributed by atoms with Crippen molar-refractivity contribution >= 4 is 17.0 Å². The van der Waals surface area contributed by atoms with Gasteiger partial charge >= 0.3 is 0 Å². The van der Waals surface area contributed by atoms with Crippen LogP contribution in [0.25, 0.3) is 11.0 Å². The molecule has 30 heavy (non-hydrogen) atoms. The number of pyridine rings is 1. The van der Waals surface area contributed by atoms with E-state index < -0.39 is 0 Å². The van der Waals surface area contributed by atoms with Gasteiger partial charge in [0.05, 0.1) is 18.4 Å². The zero-order valence-corrected chi connectivity index (χ0v) is 17.6. The van der Waals surface area contributed by atoms with Crippen LogP contribution in [0.15, 0.2) is 47.0 Å². The van der Waals surface area contributed by atoms with Crippen LogP contribution in [0.5, 0.6) is 0 Å². The lowest BCUT2D eigenvalue weighted by molar-refractivity contribution is 0.401. The SMILES string of the molecule is CC(C)=CCn1c(NC2CCCCC2N)nc2cnn(Cc3ccccn3)c(=O)c21. The number of anilines is 1. The van der Waals surface area contributed by atoms with Crippen LogP contribution < -0.4 is 16.6 Å². The minimum Gasteiger partial charge on any atom is -0.351 e. The zero-order valence-electron chi connectivity index (χ0n) is 17.6. The van der Waals surface area contributed by atoms with Crippen molar-refractivity contribution in [1.82, 2.24) is 24.3 Å². The van der Waals surface area contributed by atoms with Gasteiger partial charge in [-0.05, 0) is 38.8 Å². The molecule has 3 aromatic rings. The number of hydrogen-bond acceptors (Lipinski definition) is 6. The highest BCUT2D eigenvalue weighted by molar-refractivity contribution is 5.77. The normalized spacial score (nSPS) is 19.0. The predicted octanol–water partition coefficient (Wildman–Crippen LogP) is 2.68. The van der Waals surface area contributed by atoms with Gasteiger partial charge in [0.1, 0.15) is 11.0 Å². The Kier molecular flexibility index (Phi) is 5.94. The van der Waals surface area contributed by atoms with Gasteiger partial charge in [0.15, 0.2) is 0 Å². The van der Waals surface area contributed by atoms with Crippen molar-refractivity contribution in [1.29, 1.82) is 0 Å². The Morgan fingerprint density at radius 1 is 1.30 bits per heavy atom. The minimum absolute atomic E-state index is 0.0920. The van der Waals surface area contributed by atoms with Gasteiger partial charge in [-0.2, -0.15) is 5.10 Å². The first-order chi connectivity index (χ1) is 14.5. The summed E-state index contributed by atoms with van der Waals surface area (Å²) in [5, 5.41) is 7.85. The van der Waals surface area contributed by atoms with E-state index >= 15 is 0 Å². The zero-order chi connectivity index (χ0) is 21.1. The lowest BCUT2D eigenvalue weighted by atomic mass is 9.91. The Hall–Kier alpha value is -3.00. The van der Waals surface area contributed by atoms with E-state index in [1.54, 1.807) is 12.4 Å². The lowest BCUT2D eigenvalue weighted by Gasteiger charge is -2.29. The molecule has 0 aliphatic heterocycles. The van der Waals surface area contributed by atoms with E-state index in [0.29, 0.717) is 30.1 Å². The summed E-state index contributed by atoms with van der Waals surface area (Å²) >= 11 is 0. The molecule has 2 unspecified atom stereocenters. The second-order valence-electron chi connectivity index (χ2n) is 8.19. The van der Waals surface area contributed by atoms with Gasteiger partial charge in [0.2, 0.25) is 5.95 Å². The molecule has 3 N–H and O–H groups in total. The molecule has 1 fully saturated rings. The molecule has 0 radical (unpaired) electrons. The van der Waals surface area contributed by atoms with E-state index in [1.807, 2.05) is 36.6 Å². The number of aromatic nitrogens is 5. The highest BCUT2D eigenvalue weighted by Crippen LogP contribution is 2.23. The number of fused-ring (bicyclic) bond motifs is 1. The van der Waals surface area contributed by atoms with Crippen LogP contribution >= 0.6 is 0 Å². The van der Waals surface area contributed by atoms with Crippen molar-refractivity contribution in [2.24, 2.45) is 5.73 Å². The third-order valence-electron chi connectivity index (χ3n) is 5.60. The monoisotopic (exact) mass is 407 g/mol. The molecule has 0 amide bonds. The average molecular weight is 408 g/mol. The molecule has 0 bridgehead atoms. The van der Waals surface area contributed by atoms with E-state index in [2.05, 4.69) is 21.5 Å². The smallest absolute Gasteiger partial charge is 0.293 e. The maximum Gasteiger partial charge on any atom is 0.293 e. The number of nitrogens with one attached hydrogen (secondary N) is 1. The van der Waals surface area contributed by atoms with E-state index in [4.69, 9.17) is 10.7 Å². The van der Waals surface area contributed by atoms with Gasteiger partial charge in [0, 0.05) is 24.8 Å². The van der Waals surface area contributed by atoms with Crippen molar-refractivity contribution in [3.05, 3.63) is 58.3 Å². The second kappa shape index (κ2) is 8.79. The molecule has 4 rings (SSSR count). The molecule has 8 heteroatoms. The van der Waals surface area contributed by atoms with Crippen molar-refractivity contribution < 1.29 is 0 Å². The minimum atomic E-state index is -0.172. The van der Waals surface area contributed by atoms with Crippen LogP contribution in [0.4, 0.5) is 5.95 Å². The highest BCUT2D eigenvalue weighted by Gasteiger charge is 2.24. The second-order valence-corrected chi connectivity index (χ2v) is 8.19. The Morgan fingerprint density at radius 2 is 2.13 bits per heavy atom. The first-order valence-electron chi connectivity index (χ1n) is 10.5. The molecule has 158 valence electrons. The highest BCUT2D eigenvalue weighted by atomic mass is 16.1. The molecule has 2 atom stereocenters. The molecule has 0 saturated heterocycles. The summed E-state index contributed by atoms with van der Waals surface area (Å²) in [5.41, 5.74) is 9.27. The van der Waals surface area contributed by atoms with E-state index in [0.717, 1.165) is 31.4 Å². The average Bonchev–Trinajstić information content (AvgIpc) is 3.09. The third-order valence-corrected chi connectivity index (χ3v) is 5.60. The summed E-state index contributed by atoms with van der Waals surface area (Å²) in [6, 6.07) is 5.89. The van der Waals surface area contributed by atoms with Gasteiger partial charge in [-0.25, -0.2) is 9.67 Å². The summed E-state index contributed by atoms with van der Waals surface area (Å²) in [6.07, 6.45) is 9.79. The molecule has 3 aromatic heterocycles. The van der Waals surface area contributed by atoms with E-state index in [-0.39, 0.29) is 17.6 Å². The van der Waals surface area contributed by atoms with Gasteiger partial charge < -0.3 is 15.6 Å². The van der Waals surface area contributed by atoms with Crippen LogP contribution in [0, 0.1) is 0 Å². The van der Waals surface area contributed by atoms with Crippen molar-refractivity contribution in [3.63, 3.8) is 0 Å². The summed E-state index contributed by atoms with van der Waals surface area (Å²) in [7, 11) is 0. The first kappa shape index (κ1) is 20.3. The number of hydrogen-bond donors (Lipinski definition) is 2. The summed E-state index contributed by atoms with van der Waals surface area (Å²) in [4.78, 5) is 22.3. The molecule has 0 spiro atoms. The Bertz CT molecular complexity index is 1100. The summed E-state index contributed by atoms with van der Waals surface area (Å²) in [6.45, 7) is 4.97. The molecule has 3 heterocycles. The standard InChI is InChI=1S/C22H29N7O/c1-15(2)10-12-28-20-19(27-22(28)26-18-9-4-3-8-17(18)23)13-25-29(21(20)30)14-16-7-5-6-11-24-16/h5-7,10-11,13,17-18H,3-4,8-9,12,14,23H2,1-2H3,(H,26,27). The van der Waals surface area contributed by atoms with Crippen molar-refractivity contribution in [2.45, 2.75) is 64.7 Å². The van der Waals surface area contributed by atoms with Crippen LogP contribution in [0.1, 0.15) is 45.2 Å². The summed E-state index contributed by atoms with van der Waals surface area (Å²) in [5.74, 6) is 0.680. The molecule has 0 aromatic carbocycles. The van der Waals surface area contributed by atoms with Gasteiger partial charge in [-0.1, -0.05) is 30.6 Å². The number of nitrogens with zero attached hydrogens (tertiary/aromatic N) is 5. The number of nitrogens with two attached hydrogens (primary N) is 1. The third kappa shape index (κ3) is 4.28. The fraction of sp³-hybridized carbons (Fsp3) is 0.455. The summed E-state index contributed by atoms with van der Waals surface area (Å²) < 4.78 is 3.39. The van der Waals surface area contributed by atoms with Gasteiger partial charge in [-0.15, -0.1) is 0 Å². The fourth-order valence-corrected chi connectivity index (χ4v) is 3.91. The number of rotatable bonds is 6. The van der Waals surface area contributed by atoms with Crippen LogP contribution in [0.3, 0.4) is 0 Å². The molecular formula is C22H29N7O. The van der Waals surface area contributed by atoms with E-state index in [9.17, 15) is 4.79 Å². The first-order valence-corrected chi connectivity index (χ1v) is 10.5. The lowest BCUT2D eigenvalue weighted by Crippen LogP contribution is -2.43.